The van der Waals surface area contributed by atoms with Crippen LogP contribution in [-0.4, -0.2) is 20.1 Å². The van der Waals surface area contributed by atoms with Gasteiger partial charge in [0.2, 0.25) is 5.82 Å². The predicted octanol–water partition coefficient (Wildman–Crippen LogP) is 0.907. The molecule has 4 N–H and O–H groups in total. The van der Waals surface area contributed by atoms with Crippen LogP contribution in [0, 0.1) is 10.1 Å². The number of nitrogens with zero attached hydrogens (tertiary/aromatic N) is 3. The molecule has 0 radical (unpaired) electrons. The molecule has 0 unspecified atom stereocenters. The highest BCUT2D eigenvalue weighted by Crippen LogP contribution is 2.20. The van der Waals surface area contributed by atoms with E-state index in [0.717, 1.165) is 5.69 Å². The van der Waals surface area contributed by atoms with Crippen LogP contribution < -0.4 is 11.1 Å². The van der Waals surface area contributed by atoms with Crippen molar-refractivity contribution in [3.8, 4) is 0 Å². The number of nitrogens with one attached hydrogen (secondary N) is 2. The quantitative estimate of drug-likeness (QED) is 0.533. The second kappa shape index (κ2) is 4.47. The van der Waals surface area contributed by atoms with E-state index in [1.54, 1.807) is 6.20 Å². The van der Waals surface area contributed by atoms with Crippen LogP contribution >= 0.6 is 0 Å². The van der Waals surface area contributed by atoms with Gasteiger partial charge in [0.1, 0.15) is 5.82 Å². The highest BCUT2D eigenvalue weighted by atomic mass is 16.6. The summed E-state index contributed by atoms with van der Waals surface area (Å²) >= 11 is 0. The molecular weight excluding hydrogens is 224 g/mol. The summed E-state index contributed by atoms with van der Waals surface area (Å²) < 4.78 is 0. The summed E-state index contributed by atoms with van der Waals surface area (Å²) in [5.74, 6) is 0.368. The molecular formula is C9H10N6O2. The van der Waals surface area contributed by atoms with Crippen LogP contribution in [0.15, 0.2) is 24.4 Å². The summed E-state index contributed by atoms with van der Waals surface area (Å²) in [6.07, 6.45) is 1.63. The highest BCUT2D eigenvalue weighted by molar-refractivity contribution is 5.57. The third-order valence-corrected chi connectivity index (χ3v) is 2.12. The number of hydrogen-bond acceptors (Lipinski definition) is 6. The van der Waals surface area contributed by atoms with Crippen molar-refractivity contribution in [3.63, 3.8) is 0 Å². The van der Waals surface area contributed by atoms with Crippen molar-refractivity contribution >= 4 is 17.3 Å². The molecule has 0 aliphatic carbocycles. The van der Waals surface area contributed by atoms with Crippen LogP contribution in [0.4, 0.5) is 17.3 Å². The van der Waals surface area contributed by atoms with Gasteiger partial charge < -0.3 is 11.1 Å². The minimum absolute atomic E-state index is 0.107. The molecule has 0 saturated carbocycles. The summed E-state index contributed by atoms with van der Waals surface area (Å²) in [7, 11) is 0. The lowest BCUT2D eigenvalue weighted by molar-refractivity contribution is -0.384. The Bertz CT molecular complexity index is 524. The van der Waals surface area contributed by atoms with Crippen molar-refractivity contribution < 1.29 is 4.92 Å². The van der Waals surface area contributed by atoms with Gasteiger partial charge in [0.05, 0.1) is 17.2 Å². The van der Waals surface area contributed by atoms with Crippen molar-refractivity contribution in [3.05, 3.63) is 40.2 Å². The van der Waals surface area contributed by atoms with Gasteiger partial charge in [-0.1, -0.05) is 0 Å². The SMILES string of the molecule is Nc1nc(NCc2ccn[nH]2)ccc1[N+](=O)[O-]. The normalized spacial score (nSPS) is 10.1. The Kier molecular flexibility index (Phi) is 2.86. The summed E-state index contributed by atoms with van der Waals surface area (Å²) in [6.45, 7) is 0.490. The van der Waals surface area contributed by atoms with Crippen LogP contribution in [0.25, 0.3) is 0 Å². The second-order valence-electron chi connectivity index (χ2n) is 3.29. The monoisotopic (exact) mass is 234 g/mol. The first kappa shape index (κ1) is 10.9. The molecule has 17 heavy (non-hydrogen) atoms. The minimum Gasteiger partial charge on any atom is -0.378 e. The Morgan fingerprint density at radius 2 is 2.29 bits per heavy atom. The van der Waals surface area contributed by atoms with E-state index in [2.05, 4.69) is 20.5 Å². The lowest BCUT2D eigenvalue weighted by atomic mass is 10.3. The zero-order valence-corrected chi connectivity index (χ0v) is 8.75. The molecule has 2 aromatic heterocycles. The Balaban J connectivity index is 2.07. The van der Waals surface area contributed by atoms with E-state index < -0.39 is 4.92 Å². The summed E-state index contributed by atoms with van der Waals surface area (Å²) in [4.78, 5) is 13.8. The third-order valence-electron chi connectivity index (χ3n) is 2.12. The van der Waals surface area contributed by atoms with E-state index >= 15 is 0 Å². The van der Waals surface area contributed by atoms with Crippen LogP contribution in [0.2, 0.25) is 0 Å². The molecule has 0 aliphatic rings. The van der Waals surface area contributed by atoms with Crippen molar-refractivity contribution in [1.29, 1.82) is 0 Å². The second-order valence-corrected chi connectivity index (χ2v) is 3.29. The smallest absolute Gasteiger partial charge is 0.311 e. The summed E-state index contributed by atoms with van der Waals surface area (Å²) in [5, 5.41) is 20.1. The zero-order valence-electron chi connectivity index (χ0n) is 8.75. The Morgan fingerprint density at radius 1 is 1.47 bits per heavy atom. The van der Waals surface area contributed by atoms with E-state index in [1.165, 1.54) is 12.1 Å². The van der Waals surface area contributed by atoms with Gasteiger partial charge in [0, 0.05) is 12.3 Å². The molecule has 0 amide bonds. The van der Waals surface area contributed by atoms with Crippen LogP contribution in [0.1, 0.15) is 5.69 Å². The lowest BCUT2D eigenvalue weighted by Crippen LogP contribution is -2.05. The molecule has 0 aliphatic heterocycles. The topological polar surface area (TPSA) is 123 Å². The molecule has 0 bridgehead atoms. The molecule has 0 spiro atoms. The number of pyridine rings is 1. The first-order valence-electron chi connectivity index (χ1n) is 4.80. The predicted molar refractivity (Wildman–Crippen MR) is 61.2 cm³/mol. The molecule has 0 saturated heterocycles. The first-order valence-corrected chi connectivity index (χ1v) is 4.80. The molecule has 2 heterocycles. The van der Waals surface area contributed by atoms with Crippen LogP contribution in [0.3, 0.4) is 0 Å². The van der Waals surface area contributed by atoms with E-state index in [0.29, 0.717) is 12.4 Å². The lowest BCUT2D eigenvalue weighted by Gasteiger charge is -2.04. The fourth-order valence-corrected chi connectivity index (χ4v) is 1.29. The van der Waals surface area contributed by atoms with E-state index in [4.69, 9.17) is 5.73 Å². The zero-order chi connectivity index (χ0) is 12.3. The number of nitrogen functional groups attached to an aromatic ring is 1. The highest BCUT2D eigenvalue weighted by Gasteiger charge is 2.12. The fraction of sp³-hybridized carbons (Fsp3) is 0.111. The van der Waals surface area contributed by atoms with Crippen LogP contribution in [0.5, 0.6) is 0 Å². The maximum Gasteiger partial charge on any atom is 0.311 e. The van der Waals surface area contributed by atoms with E-state index in [1.807, 2.05) is 6.07 Å². The van der Waals surface area contributed by atoms with Crippen molar-refractivity contribution in [2.75, 3.05) is 11.1 Å². The fourth-order valence-electron chi connectivity index (χ4n) is 1.29. The molecule has 0 fully saturated rings. The van der Waals surface area contributed by atoms with Gasteiger partial charge >= 0.3 is 5.69 Å². The van der Waals surface area contributed by atoms with E-state index in [9.17, 15) is 10.1 Å². The van der Waals surface area contributed by atoms with Gasteiger partial charge in [-0.15, -0.1) is 0 Å². The van der Waals surface area contributed by atoms with E-state index in [-0.39, 0.29) is 11.5 Å². The average molecular weight is 234 g/mol. The number of rotatable bonds is 4. The number of aromatic amines is 1. The third kappa shape index (κ3) is 2.48. The Hall–Kier alpha value is -2.64. The molecule has 88 valence electrons. The molecule has 0 atom stereocenters. The standard InChI is InChI=1S/C9H10N6O2/c10-9-7(15(16)17)1-2-8(13-9)11-5-6-3-4-12-14-6/h1-4H,5H2,(H,12,14)(H3,10,11,13). The molecule has 2 rings (SSSR count). The van der Waals surface area contributed by atoms with Gasteiger partial charge in [-0.2, -0.15) is 5.10 Å². The average Bonchev–Trinajstić information content (AvgIpc) is 2.78. The minimum atomic E-state index is -0.568. The van der Waals surface area contributed by atoms with Crippen molar-refractivity contribution in [1.82, 2.24) is 15.2 Å². The molecule has 0 aromatic carbocycles. The maximum absolute atomic E-state index is 10.5. The van der Waals surface area contributed by atoms with Gasteiger partial charge in [0.15, 0.2) is 0 Å². The molecule has 2 aromatic rings. The van der Waals surface area contributed by atoms with Crippen molar-refractivity contribution in [2.24, 2.45) is 0 Å². The van der Waals surface area contributed by atoms with Gasteiger partial charge in [0.25, 0.3) is 0 Å². The number of anilines is 2. The molecule has 8 nitrogen and oxygen atoms in total. The Labute approximate surface area is 96.0 Å². The van der Waals surface area contributed by atoms with Gasteiger partial charge in [-0.25, -0.2) is 4.98 Å². The van der Waals surface area contributed by atoms with Gasteiger partial charge in [-0.3, -0.25) is 15.2 Å². The largest absolute Gasteiger partial charge is 0.378 e. The summed E-state index contributed by atoms with van der Waals surface area (Å²) in [6, 6.07) is 4.63. The summed E-state index contributed by atoms with van der Waals surface area (Å²) in [5.41, 5.74) is 6.14. The number of nitro groups is 1. The molecule has 8 heteroatoms. The number of nitrogens with two attached hydrogens (primary N) is 1. The number of hydrogen-bond donors (Lipinski definition) is 3. The van der Waals surface area contributed by atoms with Crippen molar-refractivity contribution in [2.45, 2.75) is 6.54 Å². The number of H-pyrrole nitrogens is 1. The maximum atomic E-state index is 10.5. The number of aromatic nitrogens is 3. The van der Waals surface area contributed by atoms with Crippen LogP contribution in [-0.2, 0) is 6.54 Å². The Morgan fingerprint density at radius 3 is 2.88 bits per heavy atom. The first-order chi connectivity index (χ1) is 8.16. The van der Waals surface area contributed by atoms with Gasteiger partial charge in [-0.05, 0) is 12.1 Å².